The van der Waals surface area contributed by atoms with Gasteiger partial charge in [0, 0.05) is 32.7 Å². The lowest BCUT2D eigenvalue weighted by Gasteiger charge is -2.37. The fraction of sp³-hybridized carbons (Fsp3) is 0.478. The summed E-state index contributed by atoms with van der Waals surface area (Å²) < 4.78 is 29.5. The van der Waals surface area contributed by atoms with Crippen molar-refractivity contribution in [1.29, 1.82) is 0 Å². The van der Waals surface area contributed by atoms with Gasteiger partial charge in [0.2, 0.25) is 0 Å². The number of ether oxygens (including phenoxy) is 1. The summed E-state index contributed by atoms with van der Waals surface area (Å²) in [5.74, 6) is 0.916. The van der Waals surface area contributed by atoms with Gasteiger partial charge in [0.05, 0.1) is 32.2 Å². The maximum absolute atomic E-state index is 13.0. The second-order valence-corrected chi connectivity index (χ2v) is 9.36. The number of benzene rings is 2. The molecule has 0 radical (unpaired) electrons. The first-order chi connectivity index (χ1) is 14.6. The molecule has 3 rings (SSSR count). The number of nitrogens with zero attached hydrogens (tertiary/aromatic N) is 2. The minimum absolute atomic E-state index is 0.312. The second kappa shape index (κ2) is 11.0. The molecule has 0 bridgehead atoms. The van der Waals surface area contributed by atoms with Crippen molar-refractivity contribution in [1.82, 2.24) is 4.90 Å². The van der Waals surface area contributed by atoms with Crippen molar-refractivity contribution < 1.29 is 18.3 Å². The standard InChI is InChI=1S/C23H33N2O4P/c1-4-28-30(26,29-5-2)19-21-11-7-6-10-20(21)18-24-14-16-25(17-15-24)22-12-8-9-13-23(22)27-3/h6-13H,4-5,14-19H2,1-3H3. The normalized spacial score (nSPS) is 15.4. The van der Waals surface area contributed by atoms with E-state index in [0.29, 0.717) is 19.4 Å². The Morgan fingerprint density at radius 3 is 2.10 bits per heavy atom. The van der Waals surface area contributed by atoms with E-state index in [1.807, 2.05) is 44.2 Å². The zero-order valence-electron chi connectivity index (χ0n) is 18.3. The van der Waals surface area contributed by atoms with Gasteiger partial charge in [-0.25, -0.2) is 0 Å². The highest BCUT2D eigenvalue weighted by Crippen LogP contribution is 2.51. The van der Waals surface area contributed by atoms with Crippen molar-refractivity contribution in [2.24, 2.45) is 0 Å². The van der Waals surface area contributed by atoms with Crippen molar-refractivity contribution in [3.8, 4) is 5.75 Å². The van der Waals surface area contributed by atoms with Crippen LogP contribution in [0.2, 0.25) is 0 Å². The smallest absolute Gasteiger partial charge is 0.335 e. The van der Waals surface area contributed by atoms with Gasteiger partial charge in [0.15, 0.2) is 0 Å². The molecule has 30 heavy (non-hydrogen) atoms. The van der Waals surface area contributed by atoms with E-state index in [2.05, 4.69) is 28.0 Å². The number of rotatable bonds is 10. The summed E-state index contributed by atoms with van der Waals surface area (Å²) in [6.45, 7) is 9.08. The molecule has 6 nitrogen and oxygen atoms in total. The first-order valence-corrected chi connectivity index (χ1v) is 12.4. The van der Waals surface area contributed by atoms with E-state index in [9.17, 15) is 4.57 Å². The van der Waals surface area contributed by atoms with E-state index in [-0.39, 0.29) is 0 Å². The van der Waals surface area contributed by atoms with Crippen LogP contribution in [-0.2, 0) is 26.3 Å². The third-order valence-electron chi connectivity index (χ3n) is 5.33. The predicted octanol–water partition coefficient (Wildman–Crippen LogP) is 4.78. The number of para-hydroxylation sites is 2. The Morgan fingerprint density at radius 2 is 1.47 bits per heavy atom. The Labute approximate surface area is 180 Å². The van der Waals surface area contributed by atoms with Crippen LogP contribution in [0.5, 0.6) is 5.75 Å². The van der Waals surface area contributed by atoms with E-state index in [1.165, 1.54) is 5.56 Å². The van der Waals surface area contributed by atoms with Gasteiger partial charge in [-0.05, 0) is 37.1 Å². The van der Waals surface area contributed by atoms with Crippen molar-refractivity contribution in [3.05, 3.63) is 59.7 Å². The van der Waals surface area contributed by atoms with E-state index < -0.39 is 7.60 Å². The molecule has 0 atom stereocenters. The molecule has 2 aromatic carbocycles. The van der Waals surface area contributed by atoms with Crippen LogP contribution in [0, 0.1) is 0 Å². The van der Waals surface area contributed by atoms with Crippen molar-refractivity contribution >= 4 is 13.3 Å². The minimum atomic E-state index is -3.12. The maximum atomic E-state index is 13.0. The van der Waals surface area contributed by atoms with Crippen LogP contribution in [0.1, 0.15) is 25.0 Å². The van der Waals surface area contributed by atoms with Gasteiger partial charge in [-0.3, -0.25) is 9.46 Å². The Bertz CT molecular complexity index is 843. The molecule has 1 saturated heterocycles. The summed E-state index contributed by atoms with van der Waals surface area (Å²) in [6, 6.07) is 16.3. The summed E-state index contributed by atoms with van der Waals surface area (Å²) in [5, 5.41) is 0. The van der Waals surface area contributed by atoms with E-state index >= 15 is 0 Å². The number of piperazine rings is 1. The summed E-state index contributed by atoms with van der Waals surface area (Å²) in [5.41, 5.74) is 3.37. The van der Waals surface area contributed by atoms with Gasteiger partial charge in [-0.15, -0.1) is 0 Å². The molecule has 0 aliphatic carbocycles. The molecule has 1 heterocycles. The van der Waals surface area contributed by atoms with Crippen LogP contribution in [0.25, 0.3) is 0 Å². The van der Waals surface area contributed by atoms with Gasteiger partial charge in [0.1, 0.15) is 5.75 Å². The molecule has 0 spiro atoms. The number of anilines is 1. The topological polar surface area (TPSA) is 51.2 Å². The first-order valence-electron chi connectivity index (χ1n) is 10.6. The molecule has 0 unspecified atom stereocenters. The predicted molar refractivity (Wildman–Crippen MR) is 121 cm³/mol. The summed E-state index contributed by atoms with van der Waals surface area (Å²) in [6.07, 6.45) is 0.312. The molecular weight excluding hydrogens is 399 g/mol. The van der Waals surface area contributed by atoms with Crippen molar-refractivity contribution in [3.63, 3.8) is 0 Å². The lowest BCUT2D eigenvalue weighted by atomic mass is 10.1. The van der Waals surface area contributed by atoms with Crippen molar-refractivity contribution in [2.45, 2.75) is 26.6 Å². The quantitative estimate of drug-likeness (QED) is 0.504. The molecule has 0 amide bonds. The van der Waals surface area contributed by atoms with E-state index in [4.69, 9.17) is 13.8 Å². The SMILES string of the molecule is CCOP(=O)(Cc1ccccc1CN1CCN(c2ccccc2OC)CC1)OCC. The molecule has 1 fully saturated rings. The fourth-order valence-corrected chi connectivity index (χ4v) is 5.65. The first kappa shape index (κ1) is 22.8. The largest absolute Gasteiger partial charge is 0.495 e. The zero-order chi connectivity index (χ0) is 21.4. The molecule has 1 aliphatic heterocycles. The van der Waals surface area contributed by atoms with Gasteiger partial charge >= 0.3 is 7.60 Å². The number of methoxy groups -OCH3 is 1. The summed E-state index contributed by atoms with van der Waals surface area (Å²) in [7, 11) is -1.40. The Morgan fingerprint density at radius 1 is 0.867 bits per heavy atom. The monoisotopic (exact) mass is 432 g/mol. The van der Waals surface area contributed by atoms with Crippen LogP contribution < -0.4 is 9.64 Å². The van der Waals surface area contributed by atoms with Crippen LogP contribution in [-0.4, -0.2) is 51.4 Å². The van der Waals surface area contributed by atoms with Gasteiger partial charge in [0.25, 0.3) is 0 Å². The third-order valence-corrected chi connectivity index (χ3v) is 7.36. The average Bonchev–Trinajstić information content (AvgIpc) is 2.76. The minimum Gasteiger partial charge on any atom is -0.495 e. The number of hydrogen-bond acceptors (Lipinski definition) is 6. The van der Waals surface area contributed by atoms with Gasteiger partial charge in [-0.1, -0.05) is 36.4 Å². The molecular formula is C23H33N2O4P. The Balaban J connectivity index is 1.65. The highest BCUT2D eigenvalue weighted by molar-refractivity contribution is 7.53. The van der Waals surface area contributed by atoms with Gasteiger partial charge in [-0.2, -0.15) is 0 Å². The van der Waals surface area contributed by atoms with Crippen LogP contribution in [0.15, 0.2) is 48.5 Å². The summed E-state index contributed by atoms with van der Waals surface area (Å²) >= 11 is 0. The van der Waals surface area contributed by atoms with E-state index in [0.717, 1.165) is 49.7 Å². The maximum Gasteiger partial charge on any atom is 0.335 e. The van der Waals surface area contributed by atoms with Crippen LogP contribution in [0.4, 0.5) is 5.69 Å². The molecule has 0 aromatic heterocycles. The van der Waals surface area contributed by atoms with Crippen LogP contribution >= 0.6 is 7.60 Å². The lowest BCUT2D eigenvalue weighted by Crippen LogP contribution is -2.46. The molecule has 0 N–H and O–H groups in total. The zero-order valence-corrected chi connectivity index (χ0v) is 19.1. The second-order valence-electron chi connectivity index (χ2n) is 7.31. The molecule has 164 valence electrons. The Hall–Kier alpha value is -1.85. The fourth-order valence-electron chi connectivity index (χ4n) is 3.88. The lowest BCUT2D eigenvalue weighted by molar-refractivity contribution is 0.218. The molecule has 0 saturated carbocycles. The van der Waals surface area contributed by atoms with Gasteiger partial charge < -0.3 is 18.7 Å². The van der Waals surface area contributed by atoms with E-state index in [1.54, 1.807) is 7.11 Å². The van der Waals surface area contributed by atoms with Crippen LogP contribution in [0.3, 0.4) is 0 Å². The number of hydrogen-bond donors (Lipinski definition) is 0. The highest BCUT2D eigenvalue weighted by atomic mass is 31.2. The molecule has 1 aliphatic rings. The third kappa shape index (κ3) is 5.86. The van der Waals surface area contributed by atoms with Crippen molar-refractivity contribution in [2.75, 3.05) is 51.4 Å². The Kier molecular flexibility index (Phi) is 8.34. The highest BCUT2D eigenvalue weighted by Gasteiger charge is 2.26. The molecule has 7 heteroatoms. The molecule has 2 aromatic rings. The summed E-state index contributed by atoms with van der Waals surface area (Å²) in [4.78, 5) is 4.82. The average molecular weight is 433 g/mol.